The predicted molar refractivity (Wildman–Crippen MR) is 134 cm³/mol. The smallest absolute Gasteiger partial charge is 0.282 e. The Labute approximate surface area is 238 Å². The third-order valence-electron chi connectivity index (χ3n) is 8.48. The number of rotatable bonds is 6. The maximum Gasteiger partial charge on any atom is 0.282 e. The molecule has 3 fully saturated rings. The van der Waals surface area contributed by atoms with Crippen molar-refractivity contribution >= 4 is 22.8 Å². The SMILES string of the molecule is [2H]C([2H])([2H])n1nccc1C(=O)NC(c1nc2c(F)c(C3(C(=O)N4CC(F)(F)C4)CC(F)(F)C3)ccc2[nH]1)C1CCC(F)(F)CC1. The zero-order chi connectivity index (χ0) is 32.7. The molecule has 1 aromatic carbocycles. The summed E-state index contributed by atoms with van der Waals surface area (Å²) in [6.45, 7) is -4.76. The highest BCUT2D eigenvalue weighted by Gasteiger charge is 2.65. The van der Waals surface area contributed by atoms with Gasteiger partial charge in [0.2, 0.25) is 11.8 Å². The van der Waals surface area contributed by atoms with Gasteiger partial charge in [-0.05, 0) is 30.9 Å². The van der Waals surface area contributed by atoms with Gasteiger partial charge in [-0.2, -0.15) is 5.10 Å². The fourth-order valence-electron chi connectivity index (χ4n) is 6.32. The number of benzene rings is 1. The van der Waals surface area contributed by atoms with E-state index in [9.17, 15) is 35.9 Å². The number of aromatic nitrogens is 4. The first-order valence-electron chi connectivity index (χ1n) is 14.8. The van der Waals surface area contributed by atoms with E-state index in [1.807, 2.05) is 0 Å². The van der Waals surface area contributed by atoms with E-state index in [4.69, 9.17) is 4.11 Å². The van der Waals surface area contributed by atoms with Crippen LogP contribution in [-0.4, -0.2) is 67.3 Å². The van der Waals surface area contributed by atoms with Crippen LogP contribution in [0, 0.1) is 11.7 Å². The number of H-pyrrole nitrogens is 1. The van der Waals surface area contributed by atoms with Crippen LogP contribution in [-0.2, 0) is 17.2 Å². The molecule has 6 rings (SSSR count). The van der Waals surface area contributed by atoms with Crippen LogP contribution in [0.25, 0.3) is 11.0 Å². The standard InChI is InChI=1S/C27H27F7N6O2/c1-39-17(6-9-35-39)22(41)38-19(14-4-7-25(29,30)8-5-14)21-36-16-3-2-15(18(28)20(16)37-21)24(10-26(31,32)11-24)23(42)40-12-27(33,34)13-40/h2-3,6,9,14,19H,4-5,7-8,10-13H2,1H3,(H,36,37)(H,38,41)/i1D3. The average Bonchev–Trinajstić information content (AvgIpc) is 3.57. The zero-order valence-corrected chi connectivity index (χ0v) is 21.9. The van der Waals surface area contributed by atoms with Crippen LogP contribution in [0.2, 0.25) is 0 Å². The summed E-state index contributed by atoms with van der Waals surface area (Å²) in [6, 6.07) is 2.39. The van der Waals surface area contributed by atoms with Gasteiger partial charge in [-0.25, -0.2) is 35.7 Å². The van der Waals surface area contributed by atoms with Crippen molar-refractivity contribution in [1.29, 1.82) is 0 Å². The summed E-state index contributed by atoms with van der Waals surface area (Å²) in [4.78, 5) is 34.3. The first-order valence-corrected chi connectivity index (χ1v) is 13.3. The summed E-state index contributed by atoms with van der Waals surface area (Å²) in [5.74, 6) is -13.3. The number of aryl methyl sites for hydroxylation is 1. The predicted octanol–water partition coefficient (Wildman–Crippen LogP) is 4.88. The fourth-order valence-corrected chi connectivity index (χ4v) is 6.32. The van der Waals surface area contributed by atoms with Crippen molar-refractivity contribution in [3.63, 3.8) is 0 Å². The van der Waals surface area contributed by atoms with Gasteiger partial charge in [0.05, 0.1) is 30.1 Å². The van der Waals surface area contributed by atoms with Crippen LogP contribution in [0.1, 0.15) is 70.6 Å². The number of carbonyl (C=O) groups excluding carboxylic acids is 2. The average molecular weight is 604 g/mol. The lowest BCUT2D eigenvalue weighted by molar-refractivity contribution is -0.192. The van der Waals surface area contributed by atoms with Gasteiger partial charge in [0.1, 0.15) is 17.0 Å². The summed E-state index contributed by atoms with van der Waals surface area (Å²) in [6.07, 6.45) is -2.25. The van der Waals surface area contributed by atoms with Crippen LogP contribution in [0.15, 0.2) is 24.4 Å². The minimum atomic E-state index is -3.33. The number of imidazole rings is 1. The number of aromatic amines is 1. The van der Waals surface area contributed by atoms with Crippen molar-refractivity contribution in [1.82, 2.24) is 30.0 Å². The van der Waals surface area contributed by atoms with E-state index in [1.54, 1.807) is 0 Å². The molecular weight excluding hydrogens is 573 g/mol. The normalized spacial score (nSPS) is 24.5. The van der Waals surface area contributed by atoms with Gasteiger partial charge in [0.25, 0.3) is 17.8 Å². The first kappa shape index (κ1) is 24.9. The van der Waals surface area contributed by atoms with Crippen molar-refractivity contribution in [2.45, 2.75) is 67.7 Å². The molecule has 2 aliphatic carbocycles. The van der Waals surface area contributed by atoms with Gasteiger partial charge in [-0.15, -0.1) is 0 Å². The molecule has 1 atom stereocenters. The summed E-state index contributed by atoms with van der Waals surface area (Å²) < 4.78 is 123. The number of alkyl halides is 6. The zero-order valence-electron chi connectivity index (χ0n) is 24.9. The summed E-state index contributed by atoms with van der Waals surface area (Å²) in [5, 5.41) is 6.28. The van der Waals surface area contributed by atoms with Gasteiger partial charge in [0.15, 0.2) is 5.82 Å². The van der Waals surface area contributed by atoms with E-state index in [0.717, 1.165) is 18.3 Å². The molecule has 1 aliphatic heterocycles. The Morgan fingerprint density at radius 3 is 2.36 bits per heavy atom. The van der Waals surface area contributed by atoms with Crippen LogP contribution in [0.5, 0.6) is 0 Å². The van der Waals surface area contributed by atoms with Crippen LogP contribution >= 0.6 is 0 Å². The van der Waals surface area contributed by atoms with Crippen molar-refractivity contribution in [3.8, 4) is 0 Å². The highest BCUT2D eigenvalue weighted by atomic mass is 19.3. The Balaban J connectivity index is 1.36. The summed E-state index contributed by atoms with van der Waals surface area (Å²) in [7, 11) is 0. The molecule has 2 saturated carbocycles. The molecule has 3 aromatic rings. The minimum Gasteiger partial charge on any atom is -0.340 e. The molecule has 2 amide bonds. The lowest BCUT2D eigenvalue weighted by Gasteiger charge is -2.51. The molecule has 1 saturated heterocycles. The Kier molecular flexibility index (Phi) is 5.59. The van der Waals surface area contributed by atoms with Gasteiger partial charge < -0.3 is 15.2 Å². The largest absolute Gasteiger partial charge is 0.340 e. The lowest BCUT2D eigenvalue weighted by Crippen LogP contribution is -2.67. The van der Waals surface area contributed by atoms with Gasteiger partial charge in [-0.1, -0.05) is 6.07 Å². The number of fused-ring (bicyclic) bond motifs is 1. The Hall–Kier alpha value is -3.65. The van der Waals surface area contributed by atoms with Crippen molar-refractivity contribution in [2.24, 2.45) is 12.9 Å². The number of amides is 2. The molecule has 1 unspecified atom stereocenters. The molecule has 0 radical (unpaired) electrons. The second kappa shape index (κ2) is 9.43. The lowest BCUT2D eigenvalue weighted by atomic mass is 9.60. The Bertz CT molecular complexity index is 1650. The van der Waals surface area contributed by atoms with Crippen molar-refractivity contribution in [2.75, 3.05) is 13.1 Å². The van der Waals surface area contributed by atoms with Gasteiger partial charge in [0, 0.05) is 48.5 Å². The Morgan fingerprint density at radius 2 is 1.74 bits per heavy atom. The second-order valence-corrected chi connectivity index (χ2v) is 11.5. The molecule has 226 valence electrons. The van der Waals surface area contributed by atoms with Crippen LogP contribution in [0.4, 0.5) is 30.7 Å². The monoisotopic (exact) mass is 603 g/mol. The van der Waals surface area contributed by atoms with Crippen LogP contribution in [0.3, 0.4) is 0 Å². The highest BCUT2D eigenvalue weighted by molar-refractivity contribution is 5.93. The number of halogens is 7. The van der Waals surface area contributed by atoms with E-state index in [1.165, 1.54) is 6.07 Å². The number of nitrogens with zero attached hydrogens (tertiary/aromatic N) is 4. The topological polar surface area (TPSA) is 95.9 Å². The number of hydrogen-bond donors (Lipinski definition) is 2. The number of hydrogen-bond acceptors (Lipinski definition) is 4. The van der Waals surface area contributed by atoms with E-state index in [-0.39, 0.29) is 29.9 Å². The number of likely N-dealkylation sites (tertiary alicyclic amines) is 1. The van der Waals surface area contributed by atoms with Crippen molar-refractivity contribution < 1.29 is 44.4 Å². The van der Waals surface area contributed by atoms with Gasteiger partial charge >= 0.3 is 0 Å². The van der Waals surface area contributed by atoms with E-state index >= 15 is 4.39 Å². The summed E-state index contributed by atoms with van der Waals surface area (Å²) in [5.41, 5.74) is -3.27. The van der Waals surface area contributed by atoms with E-state index in [2.05, 4.69) is 20.4 Å². The van der Waals surface area contributed by atoms with Crippen LogP contribution < -0.4 is 5.32 Å². The molecule has 2 N–H and O–H groups in total. The maximum atomic E-state index is 16.1. The minimum absolute atomic E-state index is 0.0309. The first-order chi connectivity index (χ1) is 20.8. The van der Waals surface area contributed by atoms with Crippen molar-refractivity contribution in [3.05, 3.63) is 47.3 Å². The molecule has 42 heavy (non-hydrogen) atoms. The molecule has 0 bridgehead atoms. The molecule has 3 aliphatic rings. The maximum absolute atomic E-state index is 16.1. The molecule has 0 spiro atoms. The third-order valence-corrected chi connectivity index (χ3v) is 8.48. The van der Waals surface area contributed by atoms with E-state index in [0.29, 0.717) is 9.58 Å². The Morgan fingerprint density at radius 1 is 1.05 bits per heavy atom. The second-order valence-electron chi connectivity index (χ2n) is 11.5. The van der Waals surface area contributed by atoms with Gasteiger partial charge in [-0.3, -0.25) is 14.3 Å². The molecule has 15 heteroatoms. The van der Waals surface area contributed by atoms with E-state index < -0.39 is 110 Å². The highest BCUT2D eigenvalue weighted by Crippen LogP contribution is 2.56. The number of carbonyl (C=O) groups is 2. The molecule has 3 heterocycles. The molecule has 2 aromatic heterocycles. The molecule has 8 nitrogen and oxygen atoms in total. The third kappa shape index (κ3) is 4.79. The fraction of sp³-hybridized carbons (Fsp3) is 0.556. The number of nitrogens with one attached hydrogen (secondary N) is 2. The quantitative estimate of drug-likeness (QED) is 0.393. The molecular formula is C27H27F7N6O2. The summed E-state index contributed by atoms with van der Waals surface area (Å²) >= 11 is 0.